The minimum Gasteiger partial charge on any atom is -0.396 e. The van der Waals surface area contributed by atoms with Crippen LogP contribution in [0.25, 0.3) is 0 Å². The Morgan fingerprint density at radius 3 is 2.80 bits per heavy atom. The lowest BCUT2D eigenvalue weighted by Gasteiger charge is -2.12. The highest BCUT2D eigenvalue weighted by Gasteiger charge is 2.41. The first-order valence-corrected chi connectivity index (χ1v) is 5.30. The number of ether oxygens (including phenoxy) is 1. The Morgan fingerprint density at radius 1 is 1.53 bits per heavy atom. The fourth-order valence-corrected chi connectivity index (χ4v) is 1.36. The molecule has 0 atom stereocenters. The maximum Gasteiger partial charge on any atom is 0.234 e. The molecule has 0 aliphatic heterocycles. The average molecular weight is 216 g/mol. The van der Waals surface area contributed by atoms with Gasteiger partial charge in [-0.1, -0.05) is 0 Å². The average Bonchev–Trinajstić information content (AvgIpc) is 2.99. The predicted octanol–water partition coefficient (Wildman–Crippen LogP) is -0.889. The van der Waals surface area contributed by atoms with Crippen LogP contribution in [0.4, 0.5) is 0 Å². The molecule has 5 nitrogen and oxygen atoms in total. The van der Waals surface area contributed by atoms with Crippen LogP contribution in [-0.4, -0.2) is 51.0 Å². The zero-order chi connectivity index (χ0) is 11.1. The van der Waals surface area contributed by atoms with Crippen LogP contribution in [0.5, 0.6) is 0 Å². The molecule has 5 heteroatoms. The van der Waals surface area contributed by atoms with Gasteiger partial charge in [0.25, 0.3) is 0 Å². The standard InChI is InChI=1S/C10H20N2O3/c1-15-5-4-12-9(14)6-11-7-10(8-13)2-3-10/h11,13H,2-8H2,1H3,(H,12,14). The van der Waals surface area contributed by atoms with Crippen LogP contribution in [0.2, 0.25) is 0 Å². The number of methoxy groups -OCH3 is 1. The van der Waals surface area contributed by atoms with Crippen LogP contribution in [0.15, 0.2) is 0 Å². The normalized spacial score (nSPS) is 17.5. The molecule has 1 fully saturated rings. The van der Waals surface area contributed by atoms with Gasteiger partial charge in [-0.2, -0.15) is 0 Å². The number of nitrogens with one attached hydrogen (secondary N) is 2. The van der Waals surface area contributed by atoms with Gasteiger partial charge < -0.3 is 20.5 Å². The third kappa shape index (κ3) is 4.59. The molecule has 0 aromatic rings. The van der Waals surface area contributed by atoms with Gasteiger partial charge in [-0.3, -0.25) is 4.79 Å². The lowest BCUT2D eigenvalue weighted by Crippen LogP contribution is -2.38. The summed E-state index contributed by atoms with van der Waals surface area (Å²) in [6.07, 6.45) is 2.11. The van der Waals surface area contributed by atoms with Crippen molar-refractivity contribution in [1.29, 1.82) is 0 Å². The molecule has 0 unspecified atom stereocenters. The van der Waals surface area contributed by atoms with Crippen molar-refractivity contribution in [3.05, 3.63) is 0 Å². The fraction of sp³-hybridized carbons (Fsp3) is 0.900. The molecule has 0 aromatic carbocycles. The number of rotatable bonds is 8. The molecular weight excluding hydrogens is 196 g/mol. The minimum atomic E-state index is -0.0270. The van der Waals surface area contributed by atoms with Crippen molar-refractivity contribution >= 4 is 5.91 Å². The number of hydrogen-bond donors (Lipinski definition) is 3. The highest BCUT2D eigenvalue weighted by Crippen LogP contribution is 2.44. The van der Waals surface area contributed by atoms with Crippen LogP contribution < -0.4 is 10.6 Å². The predicted molar refractivity (Wildman–Crippen MR) is 56.5 cm³/mol. The molecule has 1 amide bonds. The molecule has 0 aromatic heterocycles. The SMILES string of the molecule is COCCNC(=O)CNCC1(CO)CC1. The monoisotopic (exact) mass is 216 g/mol. The highest BCUT2D eigenvalue weighted by atomic mass is 16.5. The summed E-state index contributed by atoms with van der Waals surface area (Å²) in [5.74, 6) is -0.0270. The zero-order valence-corrected chi connectivity index (χ0v) is 9.21. The lowest BCUT2D eigenvalue weighted by molar-refractivity contribution is -0.120. The van der Waals surface area contributed by atoms with E-state index in [0.717, 1.165) is 19.4 Å². The summed E-state index contributed by atoms with van der Waals surface area (Å²) in [5.41, 5.74) is 0.0623. The van der Waals surface area contributed by atoms with E-state index in [-0.39, 0.29) is 17.9 Å². The van der Waals surface area contributed by atoms with Gasteiger partial charge in [-0.15, -0.1) is 0 Å². The first-order chi connectivity index (χ1) is 7.22. The van der Waals surface area contributed by atoms with E-state index < -0.39 is 0 Å². The molecule has 15 heavy (non-hydrogen) atoms. The van der Waals surface area contributed by atoms with Crippen molar-refractivity contribution in [1.82, 2.24) is 10.6 Å². The smallest absolute Gasteiger partial charge is 0.234 e. The summed E-state index contributed by atoms with van der Waals surface area (Å²) in [6.45, 7) is 2.33. The first-order valence-electron chi connectivity index (χ1n) is 5.30. The Hall–Kier alpha value is -0.650. The number of carbonyl (C=O) groups excluding carboxylic acids is 1. The summed E-state index contributed by atoms with van der Waals surface area (Å²) < 4.78 is 4.81. The molecule has 0 bridgehead atoms. The van der Waals surface area contributed by atoms with Gasteiger partial charge >= 0.3 is 0 Å². The maximum atomic E-state index is 11.2. The van der Waals surface area contributed by atoms with E-state index in [1.54, 1.807) is 7.11 Å². The Bertz CT molecular complexity index is 205. The third-order valence-electron chi connectivity index (χ3n) is 2.71. The van der Waals surface area contributed by atoms with E-state index in [0.29, 0.717) is 19.7 Å². The van der Waals surface area contributed by atoms with Crippen molar-refractivity contribution in [2.45, 2.75) is 12.8 Å². The summed E-state index contributed by atoms with van der Waals surface area (Å²) in [6, 6.07) is 0. The van der Waals surface area contributed by atoms with Gasteiger partial charge in [0, 0.05) is 32.2 Å². The van der Waals surface area contributed by atoms with Crippen LogP contribution in [0.3, 0.4) is 0 Å². The molecule has 3 N–H and O–H groups in total. The Balaban J connectivity index is 1.97. The van der Waals surface area contributed by atoms with Crippen LogP contribution in [0.1, 0.15) is 12.8 Å². The number of amides is 1. The molecule has 0 saturated heterocycles. The molecule has 88 valence electrons. The van der Waals surface area contributed by atoms with E-state index >= 15 is 0 Å². The Kier molecular flexibility index (Phi) is 5.01. The highest BCUT2D eigenvalue weighted by molar-refractivity contribution is 5.77. The van der Waals surface area contributed by atoms with Crippen molar-refractivity contribution in [3.63, 3.8) is 0 Å². The molecule has 1 aliphatic rings. The van der Waals surface area contributed by atoms with E-state index in [1.807, 2.05) is 0 Å². The molecule has 1 aliphatic carbocycles. The molecule has 1 rings (SSSR count). The summed E-state index contributed by atoms with van der Waals surface area (Å²) >= 11 is 0. The fourth-order valence-electron chi connectivity index (χ4n) is 1.36. The van der Waals surface area contributed by atoms with Gasteiger partial charge in [-0.25, -0.2) is 0 Å². The van der Waals surface area contributed by atoms with Gasteiger partial charge in [-0.05, 0) is 12.8 Å². The summed E-state index contributed by atoms with van der Waals surface area (Å²) in [4.78, 5) is 11.2. The first kappa shape index (κ1) is 12.4. The largest absolute Gasteiger partial charge is 0.396 e. The van der Waals surface area contributed by atoms with Gasteiger partial charge in [0.1, 0.15) is 0 Å². The van der Waals surface area contributed by atoms with Crippen molar-refractivity contribution < 1.29 is 14.6 Å². The minimum absolute atomic E-state index is 0.0270. The number of hydrogen-bond acceptors (Lipinski definition) is 4. The van der Waals surface area contributed by atoms with Gasteiger partial charge in [0.2, 0.25) is 5.91 Å². The van der Waals surface area contributed by atoms with E-state index in [2.05, 4.69) is 10.6 Å². The molecular formula is C10H20N2O3. The topological polar surface area (TPSA) is 70.6 Å². The van der Waals surface area contributed by atoms with Crippen molar-refractivity contribution in [3.8, 4) is 0 Å². The lowest BCUT2D eigenvalue weighted by atomic mass is 10.1. The quantitative estimate of drug-likeness (QED) is 0.460. The van der Waals surface area contributed by atoms with Crippen LogP contribution in [0, 0.1) is 5.41 Å². The molecule has 0 radical (unpaired) electrons. The summed E-state index contributed by atoms with van der Waals surface area (Å²) in [7, 11) is 1.60. The van der Waals surface area contributed by atoms with Crippen LogP contribution >= 0.6 is 0 Å². The second-order valence-electron chi connectivity index (χ2n) is 4.10. The van der Waals surface area contributed by atoms with Crippen molar-refractivity contribution in [2.75, 3.05) is 40.0 Å². The second kappa shape index (κ2) is 6.05. The van der Waals surface area contributed by atoms with Crippen LogP contribution in [-0.2, 0) is 9.53 Å². The zero-order valence-electron chi connectivity index (χ0n) is 9.21. The Morgan fingerprint density at radius 2 is 2.27 bits per heavy atom. The van der Waals surface area contributed by atoms with Gasteiger partial charge in [0.05, 0.1) is 13.2 Å². The number of aliphatic hydroxyl groups excluding tert-OH is 1. The Labute approximate surface area is 90.2 Å². The maximum absolute atomic E-state index is 11.2. The van der Waals surface area contributed by atoms with Crippen molar-refractivity contribution in [2.24, 2.45) is 5.41 Å². The number of aliphatic hydroxyl groups is 1. The molecule has 0 heterocycles. The van der Waals surface area contributed by atoms with E-state index in [9.17, 15) is 4.79 Å². The van der Waals surface area contributed by atoms with Gasteiger partial charge in [0.15, 0.2) is 0 Å². The molecule has 1 saturated carbocycles. The third-order valence-corrected chi connectivity index (χ3v) is 2.71. The molecule has 0 spiro atoms. The summed E-state index contributed by atoms with van der Waals surface area (Å²) in [5, 5.41) is 14.8. The van der Waals surface area contributed by atoms with E-state index in [4.69, 9.17) is 9.84 Å². The second-order valence-corrected chi connectivity index (χ2v) is 4.10. The number of carbonyl (C=O) groups is 1. The van der Waals surface area contributed by atoms with E-state index in [1.165, 1.54) is 0 Å².